The second-order valence-corrected chi connectivity index (χ2v) is 4.78. The lowest BCUT2D eigenvalue weighted by Gasteiger charge is -2.06. The maximum atomic E-state index is 13.4. The van der Waals surface area contributed by atoms with Crippen LogP contribution in [0.3, 0.4) is 0 Å². The van der Waals surface area contributed by atoms with Crippen molar-refractivity contribution in [2.45, 2.75) is 19.9 Å². The molecule has 118 valence electrons. The zero-order valence-electron chi connectivity index (χ0n) is 12.4. The van der Waals surface area contributed by atoms with Crippen LogP contribution in [0.5, 0.6) is 0 Å². The van der Waals surface area contributed by atoms with Gasteiger partial charge in [0.05, 0.1) is 6.54 Å². The Kier molecular flexibility index (Phi) is 7.79. The quantitative estimate of drug-likeness (QED) is 0.450. The summed E-state index contributed by atoms with van der Waals surface area (Å²) < 4.78 is 13.4. The molecule has 2 rings (SSSR count). The van der Waals surface area contributed by atoms with Crippen molar-refractivity contribution in [1.82, 2.24) is 10.3 Å². The Morgan fingerprint density at radius 2 is 2.14 bits per heavy atom. The molecule has 4 nitrogen and oxygen atoms in total. The van der Waals surface area contributed by atoms with E-state index >= 15 is 0 Å². The van der Waals surface area contributed by atoms with Crippen LogP contribution < -0.4 is 11.1 Å². The first-order chi connectivity index (χ1) is 10.1. The lowest BCUT2D eigenvalue weighted by Crippen LogP contribution is -2.33. The molecule has 2 aromatic rings. The first kappa shape index (κ1) is 18.3. The van der Waals surface area contributed by atoms with Crippen LogP contribution in [0, 0.1) is 12.7 Å². The van der Waals surface area contributed by atoms with E-state index in [0.717, 1.165) is 17.7 Å². The molecule has 1 heterocycles. The summed E-state index contributed by atoms with van der Waals surface area (Å²) in [6.07, 6.45) is 2.54. The maximum absolute atomic E-state index is 13.4. The van der Waals surface area contributed by atoms with Gasteiger partial charge in [-0.2, -0.15) is 0 Å². The summed E-state index contributed by atoms with van der Waals surface area (Å²) in [5.74, 6) is 0.135. The van der Waals surface area contributed by atoms with Crippen molar-refractivity contribution in [2.24, 2.45) is 10.7 Å². The molecular formula is C16H20FIN4. The van der Waals surface area contributed by atoms with Crippen molar-refractivity contribution in [1.29, 1.82) is 0 Å². The predicted octanol–water partition coefficient (Wildman–Crippen LogP) is 2.79. The van der Waals surface area contributed by atoms with E-state index in [1.54, 1.807) is 19.2 Å². The van der Waals surface area contributed by atoms with Crippen LogP contribution in [0.25, 0.3) is 0 Å². The summed E-state index contributed by atoms with van der Waals surface area (Å²) in [4.78, 5) is 8.42. The van der Waals surface area contributed by atoms with Gasteiger partial charge in [0.25, 0.3) is 0 Å². The minimum atomic E-state index is -0.218. The zero-order valence-corrected chi connectivity index (χ0v) is 14.8. The molecule has 0 atom stereocenters. The molecule has 22 heavy (non-hydrogen) atoms. The number of aryl methyl sites for hydroxylation is 1. The van der Waals surface area contributed by atoms with Crippen molar-refractivity contribution in [2.75, 3.05) is 6.54 Å². The van der Waals surface area contributed by atoms with Gasteiger partial charge in [-0.3, -0.25) is 4.98 Å². The number of guanidine groups is 1. The van der Waals surface area contributed by atoms with Gasteiger partial charge in [-0.25, -0.2) is 9.38 Å². The molecule has 0 saturated heterocycles. The van der Waals surface area contributed by atoms with Gasteiger partial charge < -0.3 is 11.1 Å². The number of hydrogen-bond donors (Lipinski definition) is 2. The molecule has 0 fully saturated rings. The molecule has 3 N–H and O–H groups in total. The normalized spacial score (nSPS) is 10.9. The van der Waals surface area contributed by atoms with Crippen LogP contribution in [-0.2, 0) is 13.0 Å². The van der Waals surface area contributed by atoms with E-state index in [-0.39, 0.29) is 29.8 Å². The van der Waals surface area contributed by atoms with Gasteiger partial charge >= 0.3 is 0 Å². The minimum absolute atomic E-state index is 0. The molecule has 0 aliphatic rings. The smallest absolute Gasteiger partial charge is 0.188 e. The summed E-state index contributed by atoms with van der Waals surface area (Å²) in [6, 6.07) is 10.9. The number of nitrogens with zero attached hydrogens (tertiary/aromatic N) is 2. The van der Waals surface area contributed by atoms with Crippen molar-refractivity contribution in [3.8, 4) is 0 Å². The van der Waals surface area contributed by atoms with Crippen molar-refractivity contribution in [3.63, 3.8) is 0 Å². The first-order valence-electron chi connectivity index (χ1n) is 6.84. The fraction of sp³-hybridized carbons (Fsp3) is 0.250. The van der Waals surface area contributed by atoms with Crippen LogP contribution in [0.15, 0.2) is 47.6 Å². The van der Waals surface area contributed by atoms with Crippen LogP contribution >= 0.6 is 24.0 Å². The Morgan fingerprint density at radius 3 is 2.82 bits per heavy atom. The highest BCUT2D eigenvalue weighted by molar-refractivity contribution is 14.0. The second-order valence-electron chi connectivity index (χ2n) is 4.78. The highest BCUT2D eigenvalue weighted by Gasteiger charge is 1.99. The molecule has 0 saturated carbocycles. The Morgan fingerprint density at radius 1 is 1.32 bits per heavy atom. The number of nitrogens with one attached hydrogen (secondary N) is 1. The topological polar surface area (TPSA) is 63.3 Å². The highest BCUT2D eigenvalue weighted by atomic mass is 127. The number of pyridine rings is 1. The molecule has 0 radical (unpaired) electrons. The van der Waals surface area contributed by atoms with E-state index in [2.05, 4.69) is 15.3 Å². The summed E-state index contributed by atoms with van der Waals surface area (Å²) >= 11 is 0. The highest BCUT2D eigenvalue weighted by Crippen LogP contribution is 2.09. The molecule has 0 spiro atoms. The maximum Gasteiger partial charge on any atom is 0.188 e. The predicted molar refractivity (Wildman–Crippen MR) is 97.8 cm³/mol. The van der Waals surface area contributed by atoms with Crippen LogP contribution in [-0.4, -0.2) is 17.5 Å². The Labute approximate surface area is 147 Å². The standard InChI is InChI=1S/C16H19FN4.HI/c1-12-5-6-13(10-15(12)17)11-21-16(18)20-9-7-14-4-2-3-8-19-14;/h2-6,8,10H,7,9,11H2,1H3,(H3,18,20,21);1H. The number of aromatic nitrogens is 1. The van der Waals surface area contributed by atoms with Crippen molar-refractivity contribution >= 4 is 29.9 Å². The van der Waals surface area contributed by atoms with Gasteiger partial charge in [0.1, 0.15) is 5.82 Å². The Hall–Kier alpha value is -1.70. The van der Waals surface area contributed by atoms with Gasteiger partial charge in [-0.05, 0) is 36.2 Å². The number of hydrogen-bond acceptors (Lipinski definition) is 2. The summed E-state index contributed by atoms with van der Waals surface area (Å²) in [6.45, 7) is 2.75. The van der Waals surface area contributed by atoms with Gasteiger partial charge in [0.2, 0.25) is 0 Å². The zero-order chi connectivity index (χ0) is 15.1. The average molecular weight is 414 g/mol. The van der Waals surface area contributed by atoms with Crippen LogP contribution in [0.4, 0.5) is 4.39 Å². The van der Waals surface area contributed by atoms with Crippen molar-refractivity contribution in [3.05, 3.63) is 65.2 Å². The summed E-state index contributed by atoms with van der Waals surface area (Å²) in [7, 11) is 0. The number of halogens is 2. The molecule has 1 aromatic carbocycles. The third-order valence-corrected chi connectivity index (χ3v) is 3.08. The third-order valence-electron chi connectivity index (χ3n) is 3.08. The average Bonchev–Trinajstić information content (AvgIpc) is 2.49. The van der Waals surface area contributed by atoms with E-state index in [4.69, 9.17) is 5.73 Å². The monoisotopic (exact) mass is 414 g/mol. The Bertz CT molecular complexity index is 617. The second kappa shape index (κ2) is 9.34. The number of rotatable bonds is 5. The number of benzene rings is 1. The number of nitrogens with two attached hydrogens (primary N) is 1. The summed E-state index contributed by atoms with van der Waals surface area (Å²) in [5.41, 5.74) is 8.20. The van der Waals surface area contributed by atoms with Crippen LogP contribution in [0.2, 0.25) is 0 Å². The fourth-order valence-corrected chi connectivity index (χ4v) is 1.83. The molecule has 0 bridgehead atoms. The summed E-state index contributed by atoms with van der Waals surface area (Å²) in [5, 5.41) is 3.02. The lowest BCUT2D eigenvalue weighted by atomic mass is 10.1. The van der Waals surface area contributed by atoms with Gasteiger partial charge in [-0.15, -0.1) is 24.0 Å². The van der Waals surface area contributed by atoms with E-state index in [1.807, 2.05) is 24.3 Å². The molecule has 0 amide bonds. The molecule has 0 unspecified atom stereocenters. The minimum Gasteiger partial charge on any atom is -0.370 e. The van der Waals surface area contributed by atoms with E-state index < -0.39 is 0 Å². The van der Waals surface area contributed by atoms with Gasteiger partial charge in [0, 0.05) is 24.9 Å². The molecule has 0 aliphatic heterocycles. The SMILES string of the molecule is Cc1ccc(CN=C(N)NCCc2ccccn2)cc1F.I. The largest absolute Gasteiger partial charge is 0.370 e. The molecule has 6 heteroatoms. The first-order valence-corrected chi connectivity index (χ1v) is 6.84. The lowest BCUT2D eigenvalue weighted by molar-refractivity contribution is 0.616. The van der Waals surface area contributed by atoms with Gasteiger partial charge in [-0.1, -0.05) is 18.2 Å². The fourth-order valence-electron chi connectivity index (χ4n) is 1.83. The van der Waals surface area contributed by atoms with E-state index in [1.165, 1.54) is 6.07 Å². The van der Waals surface area contributed by atoms with Gasteiger partial charge in [0.15, 0.2) is 5.96 Å². The third kappa shape index (κ3) is 5.97. The Balaban J connectivity index is 0.00000242. The van der Waals surface area contributed by atoms with Crippen molar-refractivity contribution < 1.29 is 4.39 Å². The molecule has 0 aliphatic carbocycles. The van der Waals surface area contributed by atoms with E-state index in [9.17, 15) is 4.39 Å². The molecular weight excluding hydrogens is 394 g/mol. The molecule has 1 aromatic heterocycles. The van der Waals surface area contributed by atoms with Crippen LogP contribution in [0.1, 0.15) is 16.8 Å². The van der Waals surface area contributed by atoms with E-state index in [0.29, 0.717) is 24.6 Å². The number of aliphatic imine (C=N–C) groups is 1.